The van der Waals surface area contributed by atoms with Gasteiger partial charge in [0, 0.05) is 17.8 Å². The van der Waals surface area contributed by atoms with E-state index < -0.39 is 0 Å². The lowest BCUT2D eigenvalue weighted by atomic mass is 10.2. The molecule has 1 aliphatic rings. The van der Waals surface area contributed by atoms with Gasteiger partial charge < -0.3 is 16.4 Å². The van der Waals surface area contributed by atoms with Crippen LogP contribution in [0.4, 0.5) is 17.5 Å². The SMILES string of the molecule is Cc1ccc(N2Cc3nc(N)nc(N)c3C2)cc1. The molecule has 3 rings (SSSR count). The van der Waals surface area contributed by atoms with E-state index in [9.17, 15) is 0 Å². The fourth-order valence-electron chi connectivity index (χ4n) is 2.24. The van der Waals surface area contributed by atoms with Crippen LogP contribution < -0.4 is 16.4 Å². The standard InChI is InChI=1S/C13H15N5/c1-8-2-4-9(5-3-8)18-6-10-11(7-18)16-13(15)17-12(10)14/h2-5H,6-7H2,1H3,(H4,14,15,16,17). The summed E-state index contributed by atoms with van der Waals surface area (Å²) in [7, 11) is 0. The number of hydrogen-bond acceptors (Lipinski definition) is 5. The number of aryl methyl sites for hydroxylation is 1. The van der Waals surface area contributed by atoms with E-state index >= 15 is 0 Å². The lowest BCUT2D eigenvalue weighted by Gasteiger charge is -2.17. The summed E-state index contributed by atoms with van der Waals surface area (Å²) >= 11 is 0. The highest BCUT2D eigenvalue weighted by Gasteiger charge is 2.23. The zero-order valence-corrected chi connectivity index (χ0v) is 10.2. The predicted octanol–water partition coefficient (Wildman–Crippen LogP) is 1.47. The number of anilines is 3. The van der Waals surface area contributed by atoms with Crippen LogP contribution in [0, 0.1) is 6.92 Å². The van der Waals surface area contributed by atoms with Crippen molar-refractivity contribution in [2.24, 2.45) is 0 Å². The second kappa shape index (κ2) is 3.87. The van der Waals surface area contributed by atoms with E-state index in [1.165, 1.54) is 5.56 Å². The van der Waals surface area contributed by atoms with Gasteiger partial charge in [0.2, 0.25) is 5.95 Å². The molecule has 2 aromatic rings. The molecule has 5 nitrogen and oxygen atoms in total. The summed E-state index contributed by atoms with van der Waals surface area (Å²) in [5.74, 6) is 0.740. The minimum atomic E-state index is 0.247. The zero-order chi connectivity index (χ0) is 12.7. The first kappa shape index (κ1) is 10.8. The fraction of sp³-hybridized carbons (Fsp3) is 0.231. The van der Waals surface area contributed by atoms with Crippen LogP contribution in [0.1, 0.15) is 16.8 Å². The molecule has 0 spiro atoms. The average Bonchev–Trinajstić information content (AvgIpc) is 2.74. The molecule has 4 N–H and O–H groups in total. The highest BCUT2D eigenvalue weighted by Crippen LogP contribution is 2.30. The maximum atomic E-state index is 5.88. The molecule has 0 saturated carbocycles. The van der Waals surface area contributed by atoms with Crippen molar-refractivity contribution in [1.82, 2.24) is 9.97 Å². The van der Waals surface area contributed by atoms with Gasteiger partial charge in [0.1, 0.15) is 5.82 Å². The Kier molecular flexibility index (Phi) is 2.33. The van der Waals surface area contributed by atoms with Crippen molar-refractivity contribution in [2.45, 2.75) is 20.0 Å². The first-order chi connectivity index (χ1) is 8.63. The van der Waals surface area contributed by atoms with Gasteiger partial charge in [0.05, 0.1) is 12.2 Å². The smallest absolute Gasteiger partial charge is 0.222 e. The molecule has 0 unspecified atom stereocenters. The number of benzene rings is 1. The summed E-state index contributed by atoms with van der Waals surface area (Å²) in [6.07, 6.45) is 0. The Morgan fingerprint density at radius 3 is 2.50 bits per heavy atom. The minimum Gasteiger partial charge on any atom is -0.383 e. The molecular weight excluding hydrogens is 226 g/mol. The Hall–Kier alpha value is -2.30. The molecule has 5 heteroatoms. The summed E-state index contributed by atoms with van der Waals surface area (Å²) in [6, 6.07) is 8.41. The maximum absolute atomic E-state index is 5.88. The van der Waals surface area contributed by atoms with E-state index in [-0.39, 0.29) is 5.95 Å². The molecule has 1 aliphatic heterocycles. The Bertz CT molecular complexity index is 591. The molecular formula is C13H15N5. The Morgan fingerprint density at radius 1 is 1.06 bits per heavy atom. The minimum absolute atomic E-state index is 0.247. The molecule has 0 saturated heterocycles. The molecule has 0 fully saturated rings. The Balaban J connectivity index is 1.93. The number of fused-ring (bicyclic) bond motifs is 1. The van der Waals surface area contributed by atoms with Gasteiger partial charge in [0.25, 0.3) is 0 Å². The number of nitrogens with zero attached hydrogens (tertiary/aromatic N) is 3. The van der Waals surface area contributed by atoms with Crippen LogP contribution >= 0.6 is 0 Å². The van der Waals surface area contributed by atoms with E-state index in [0.29, 0.717) is 5.82 Å². The van der Waals surface area contributed by atoms with Crippen LogP contribution in [-0.2, 0) is 13.1 Å². The van der Waals surface area contributed by atoms with Gasteiger partial charge in [-0.2, -0.15) is 4.98 Å². The van der Waals surface area contributed by atoms with Crippen molar-refractivity contribution in [1.29, 1.82) is 0 Å². The summed E-state index contributed by atoms with van der Waals surface area (Å²) < 4.78 is 0. The van der Waals surface area contributed by atoms with Gasteiger partial charge in [-0.25, -0.2) is 4.98 Å². The molecule has 0 radical (unpaired) electrons. The summed E-state index contributed by atoms with van der Waals surface area (Å²) in [4.78, 5) is 10.5. The van der Waals surface area contributed by atoms with Crippen LogP contribution in [0.2, 0.25) is 0 Å². The summed E-state index contributed by atoms with van der Waals surface area (Å²) in [5.41, 5.74) is 15.8. The van der Waals surface area contributed by atoms with Crippen LogP contribution in [0.5, 0.6) is 0 Å². The topological polar surface area (TPSA) is 81.1 Å². The zero-order valence-electron chi connectivity index (χ0n) is 10.2. The molecule has 0 atom stereocenters. The third-order valence-electron chi connectivity index (χ3n) is 3.23. The summed E-state index contributed by atoms with van der Waals surface area (Å²) in [6.45, 7) is 3.55. The Morgan fingerprint density at radius 2 is 1.78 bits per heavy atom. The molecule has 18 heavy (non-hydrogen) atoms. The number of nitrogens with two attached hydrogens (primary N) is 2. The van der Waals surface area contributed by atoms with Crippen molar-refractivity contribution in [3.05, 3.63) is 41.1 Å². The van der Waals surface area contributed by atoms with Crippen molar-refractivity contribution >= 4 is 17.5 Å². The monoisotopic (exact) mass is 241 g/mol. The number of rotatable bonds is 1. The van der Waals surface area contributed by atoms with Crippen molar-refractivity contribution in [3.8, 4) is 0 Å². The van der Waals surface area contributed by atoms with Crippen molar-refractivity contribution in [2.75, 3.05) is 16.4 Å². The second-order valence-corrected chi connectivity index (χ2v) is 4.58. The number of hydrogen-bond donors (Lipinski definition) is 2. The normalized spacial score (nSPS) is 13.7. The molecule has 1 aromatic heterocycles. The van der Waals surface area contributed by atoms with E-state index in [2.05, 4.69) is 46.1 Å². The molecule has 1 aromatic carbocycles. The molecule has 0 amide bonds. The van der Waals surface area contributed by atoms with E-state index in [1.54, 1.807) is 0 Å². The first-order valence-corrected chi connectivity index (χ1v) is 5.86. The van der Waals surface area contributed by atoms with E-state index in [4.69, 9.17) is 11.5 Å². The fourth-order valence-corrected chi connectivity index (χ4v) is 2.24. The van der Waals surface area contributed by atoms with Crippen molar-refractivity contribution < 1.29 is 0 Å². The molecule has 0 aliphatic carbocycles. The number of aromatic nitrogens is 2. The van der Waals surface area contributed by atoms with Gasteiger partial charge in [-0.15, -0.1) is 0 Å². The first-order valence-electron chi connectivity index (χ1n) is 5.86. The molecule has 0 bridgehead atoms. The largest absolute Gasteiger partial charge is 0.383 e. The molecule has 2 heterocycles. The third-order valence-corrected chi connectivity index (χ3v) is 3.23. The van der Waals surface area contributed by atoms with E-state index in [1.807, 2.05) is 0 Å². The third kappa shape index (κ3) is 1.73. The highest BCUT2D eigenvalue weighted by molar-refractivity contribution is 5.56. The van der Waals surface area contributed by atoms with Crippen molar-refractivity contribution in [3.63, 3.8) is 0 Å². The van der Waals surface area contributed by atoms with Crippen LogP contribution in [0.3, 0.4) is 0 Å². The van der Waals surface area contributed by atoms with Gasteiger partial charge in [-0.1, -0.05) is 17.7 Å². The van der Waals surface area contributed by atoms with Gasteiger partial charge in [0.15, 0.2) is 0 Å². The Labute approximate surface area is 105 Å². The van der Waals surface area contributed by atoms with Gasteiger partial charge >= 0.3 is 0 Å². The van der Waals surface area contributed by atoms with Gasteiger partial charge in [-0.05, 0) is 19.1 Å². The summed E-state index contributed by atoms with van der Waals surface area (Å²) in [5, 5.41) is 0. The number of nitrogen functional groups attached to an aromatic ring is 2. The average molecular weight is 241 g/mol. The van der Waals surface area contributed by atoms with Crippen LogP contribution in [-0.4, -0.2) is 9.97 Å². The maximum Gasteiger partial charge on any atom is 0.222 e. The second-order valence-electron chi connectivity index (χ2n) is 4.58. The van der Waals surface area contributed by atoms with Crippen LogP contribution in [0.15, 0.2) is 24.3 Å². The highest BCUT2D eigenvalue weighted by atomic mass is 15.2. The quantitative estimate of drug-likeness (QED) is 0.790. The predicted molar refractivity (Wildman–Crippen MR) is 71.9 cm³/mol. The van der Waals surface area contributed by atoms with E-state index in [0.717, 1.165) is 30.0 Å². The van der Waals surface area contributed by atoms with Crippen LogP contribution in [0.25, 0.3) is 0 Å². The lowest BCUT2D eigenvalue weighted by Crippen LogP contribution is -2.14. The molecule has 92 valence electrons. The lowest BCUT2D eigenvalue weighted by molar-refractivity contribution is 0.871. The van der Waals surface area contributed by atoms with Gasteiger partial charge in [-0.3, -0.25) is 0 Å².